The number of aromatic nitrogens is 3. The van der Waals surface area contributed by atoms with Gasteiger partial charge < -0.3 is 9.97 Å². The number of hydrogen-bond acceptors (Lipinski definition) is 2. The molecule has 2 N–H and O–H groups in total. The molecule has 60 valence electrons. The Morgan fingerprint density at radius 3 is 2.92 bits per heavy atom. The Hall–Kier alpha value is -1.42. The van der Waals surface area contributed by atoms with Gasteiger partial charge in [-0.3, -0.25) is 0 Å². The molecule has 12 heavy (non-hydrogen) atoms. The summed E-state index contributed by atoms with van der Waals surface area (Å²) in [7, 11) is 0. The van der Waals surface area contributed by atoms with Crippen molar-refractivity contribution in [2.75, 3.05) is 0 Å². The van der Waals surface area contributed by atoms with Crippen molar-refractivity contribution in [2.45, 2.75) is 0 Å². The summed E-state index contributed by atoms with van der Waals surface area (Å²) < 4.78 is 0.701. The average Bonchev–Trinajstić information content (AvgIpc) is 2.57. The van der Waals surface area contributed by atoms with E-state index in [-0.39, 0.29) is 0 Å². The van der Waals surface area contributed by atoms with Crippen molar-refractivity contribution in [3.8, 4) is 11.3 Å². The minimum absolute atomic E-state index is 0.701. The summed E-state index contributed by atoms with van der Waals surface area (Å²) in [5.41, 5.74) is 1.92. The Morgan fingerprint density at radius 2 is 2.25 bits per heavy atom. The second-order valence-corrected chi connectivity index (χ2v) is 2.79. The predicted octanol–water partition coefficient (Wildman–Crippen LogP) is 2.13. The molecule has 0 fully saturated rings. The van der Waals surface area contributed by atoms with Crippen LogP contribution in [-0.2, 0) is 0 Å². The van der Waals surface area contributed by atoms with Gasteiger partial charge in [-0.25, -0.2) is 4.98 Å². The largest absolute Gasteiger partial charge is 0.361 e. The normalized spacial score (nSPS) is 10.0. The molecule has 0 bridgehead atoms. The minimum Gasteiger partial charge on any atom is -0.361 e. The standard InChI is InChI=1S/C8H7N3S/c12-8-6(4-9-5-11-8)7-2-1-3-10-7/h1-5,10H,(H,9,11,12). The predicted molar refractivity (Wildman–Crippen MR) is 49.2 cm³/mol. The third kappa shape index (κ3) is 1.16. The van der Waals surface area contributed by atoms with E-state index in [0.29, 0.717) is 4.64 Å². The molecule has 0 aliphatic rings. The van der Waals surface area contributed by atoms with Crippen LogP contribution in [0.15, 0.2) is 30.9 Å². The molecule has 2 aromatic heterocycles. The van der Waals surface area contributed by atoms with E-state index in [1.807, 2.05) is 18.3 Å². The van der Waals surface area contributed by atoms with Crippen molar-refractivity contribution < 1.29 is 0 Å². The van der Waals surface area contributed by atoms with Crippen LogP contribution in [-0.4, -0.2) is 15.0 Å². The fourth-order valence-corrected chi connectivity index (χ4v) is 1.25. The van der Waals surface area contributed by atoms with Gasteiger partial charge >= 0.3 is 0 Å². The summed E-state index contributed by atoms with van der Waals surface area (Å²) in [6.07, 6.45) is 5.18. The van der Waals surface area contributed by atoms with E-state index in [1.54, 1.807) is 12.5 Å². The van der Waals surface area contributed by atoms with E-state index in [0.717, 1.165) is 11.3 Å². The van der Waals surface area contributed by atoms with E-state index < -0.39 is 0 Å². The Balaban J connectivity index is 2.63. The summed E-state index contributed by atoms with van der Waals surface area (Å²) in [5.74, 6) is 0. The van der Waals surface area contributed by atoms with E-state index in [2.05, 4.69) is 15.0 Å². The molecular weight excluding hydrogens is 170 g/mol. The molecule has 3 nitrogen and oxygen atoms in total. The molecule has 0 aliphatic carbocycles. The van der Waals surface area contributed by atoms with E-state index in [4.69, 9.17) is 12.2 Å². The molecule has 0 aliphatic heterocycles. The van der Waals surface area contributed by atoms with E-state index in [1.165, 1.54) is 0 Å². The first-order chi connectivity index (χ1) is 5.88. The van der Waals surface area contributed by atoms with Crippen molar-refractivity contribution >= 4 is 12.2 Å². The lowest BCUT2D eigenvalue weighted by Crippen LogP contribution is -1.83. The highest BCUT2D eigenvalue weighted by atomic mass is 32.1. The molecule has 2 heterocycles. The van der Waals surface area contributed by atoms with Gasteiger partial charge in [0.05, 0.1) is 11.9 Å². The van der Waals surface area contributed by atoms with Gasteiger partial charge in [-0.05, 0) is 12.1 Å². The Labute approximate surface area is 74.5 Å². The smallest absolute Gasteiger partial charge is 0.115 e. The first-order valence-corrected chi connectivity index (χ1v) is 3.95. The molecule has 0 unspecified atom stereocenters. The van der Waals surface area contributed by atoms with Gasteiger partial charge in [0.15, 0.2) is 0 Å². The number of H-pyrrole nitrogens is 2. The lowest BCUT2D eigenvalue weighted by atomic mass is 10.2. The number of rotatable bonds is 1. The van der Waals surface area contributed by atoms with Crippen LogP contribution in [0.2, 0.25) is 0 Å². The van der Waals surface area contributed by atoms with Crippen LogP contribution in [0.5, 0.6) is 0 Å². The van der Waals surface area contributed by atoms with Crippen molar-refractivity contribution in [1.82, 2.24) is 15.0 Å². The zero-order valence-corrected chi connectivity index (χ0v) is 7.06. The number of hydrogen-bond donors (Lipinski definition) is 2. The lowest BCUT2D eigenvalue weighted by molar-refractivity contribution is 1.15. The molecule has 0 aromatic carbocycles. The SMILES string of the molecule is S=c1[nH]cncc1-c1ccc[nH]1. The van der Waals surface area contributed by atoms with E-state index in [9.17, 15) is 0 Å². The van der Waals surface area contributed by atoms with Gasteiger partial charge in [0.1, 0.15) is 4.64 Å². The highest BCUT2D eigenvalue weighted by Gasteiger charge is 1.98. The zero-order chi connectivity index (χ0) is 8.39. The highest BCUT2D eigenvalue weighted by Crippen LogP contribution is 2.14. The van der Waals surface area contributed by atoms with Gasteiger partial charge in [-0.15, -0.1) is 0 Å². The second kappa shape index (κ2) is 2.91. The quantitative estimate of drug-likeness (QED) is 0.655. The second-order valence-electron chi connectivity index (χ2n) is 2.38. The van der Waals surface area contributed by atoms with Gasteiger partial charge in [0.25, 0.3) is 0 Å². The molecule has 2 aromatic rings. The van der Waals surface area contributed by atoms with Crippen LogP contribution in [0.1, 0.15) is 0 Å². The molecule has 0 saturated heterocycles. The van der Waals surface area contributed by atoms with Crippen LogP contribution in [0, 0.1) is 4.64 Å². The molecule has 2 rings (SSSR count). The fraction of sp³-hybridized carbons (Fsp3) is 0. The maximum Gasteiger partial charge on any atom is 0.115 e. The first-order valence-electron chi connectivity index (χ1n) is 3.54. The maximum atomic E-state index is 5.08. The average molecular weight is 177 g/mol. The van der Waals surface area contributed by atoms with Crippen molar-refractivity contribution in [2.24, 2.45) is 0 Å². The number of nitrogens with one attached hydrogen (secondary N) is 2. The Morgan fingerprint density at radius 1 is 1.33 bits per heavy atom. The van der Waals surface area contributed by atoms with Crippen molar-refractivity contribution in [3.05, 3.63) is 35.5 Å². The third-order valence-corrected chi connectivity index (χ3v) is 1.94. The van der Waals surface area contributed by atoms with Gasteiger partial charge in [0, 0.05) is 18.1 Å². The monoisotopic (exact) mass is 177 g/mol. The molecule has 4 heteroatoms. The summed E-state index contributed by atoms with van der Waals surface area (Å²) in [4.78, 5) is 9.90. The fourth-order valence-electron chi connectivity index (χ4n) is 1.03. The first kappa shape index (κ1) is 7.24. The summed E-state index contributed by atoms with van der Waals surface area (Å²) in [6, 6.07) is 3.89. The minimum atomic E-state index is 0.701. The maximum absolute atomic E-state index is 5.08. The van der Waals surface area contributed by atoms with E-state index >= 15 is 0 Å². The molecular formula is C8H7N3S. The van der Waals surface area contributed by atoms with Crippen LogP contribution >= 0.6 is 12.2 Å². The van der Waals surface area contributed by atoms with Gasteiger partial charge in [0.2, 0.25) is 0 Å². The van der Waals surface area contributed by atoms with Crippen LogP contribution in [0.4, 0.5) is 0 Å². The van der Waals surface area contributed by atoms with Crippen molar-refractivity contribution in [1.29, 1.82) is 0 Å². The van der Waals surface area contributed by atoms with Crippen LogP contribution in [0.25, 0.3) is 11.3 Å². The number of nitrogens with zero attached hydrogens (tertiary/aromatic N) is 1. The van der Waals surface area contributed by atoms with Crippen LogP contribution in [0.3, 0.4) is 0 Å². The molecule has 0 atom stereocenters. The molecule has 0 saturated carbocycles. The molecule has 0 radical (unpaired) electrons. The Kier molecular flexibility index (Phi) is 1.75. The van der Waals surface area contributed by atoms with Gasteiger partial charge in [-0.1, -0.05) is 12.2 Å². The Bertz CT molecular complexity index is 416. The van der Waals surface area contributed by atoms with Gasteiger partial charge in [-0.2, -0.15) is 0 Å². The number of aromatic amines is 2. The third-order valence-electron chi connectivity index (χ3n) is 1.61. The molecule has 0 amide bonds. The topological polar surface area (TPSA) is 44.5 Å². The summed E-state index contributed by atoms with van der Waals surface area (Å²) >= 11 is 5.08. The molecule has 0 spiro atoms. The zero-order valence-electron chi connectivity index (χ0n) is 6.24. The highest BCUT2D eigenvalue weighted by molar-refractivity contribution is 7.71. The summed E-state index contributed by atoms with van der Waals surface area (Å²) in [5, 5.41) is 0. The van der Waals surface area contributed by atoms with Crippen molar-refractivity contribution in [3.63, 3.8) is 0 Å². The lowest BCUT2D eigenvalue weighted by Gasteiger charge is -1.95. The summed E-state index contributed by atoms with van der Waals surface area (Å²) in [6.45, 7) is 0. The van der Waals surface area contributed by atoms with Crippen LogP contribution < -0.4 is 0 Å².